The number of nitrogens with one attached hydrogen (secondary N) is 9. The topological polar surface area (TPSA) is 282 Å². The molecular formula is C74H143N10O10+. The largest absolute Gasteiger partial charge is 0.357 e. The number of nitroso groups, excluding NO2 is 1. The molecule has 10 unspecified atom stereocenters. The van der Waals surface area contributed by atoms with E-state index in [1.54, 1.807) is 0 Å². The van der Waals surface area contributed by atoms with Crippen molar-refractivity contribution in [3.05, 3.63) is 4.91 Å². The molecule has 0 saturated carbocycles. The summed E-state index contributed by atoms with van der Waals surface area (Å²) < 4.78 is 1.12. The van der Waals surface area contributed by atoms with Gasteiger partial charge in [-0.1, -0.05) is 185 Å². The molecule has 0 spiro atoms. The fourth-order valence-corrected chi connectivity index (χ4v) is 11.1. The lowest BCUT2D eigenvalue weighted by atomic mass is 10.0. The van der Waals surface area contributed by atoms with Crippen LogP contribution in [0.2, 0.25) is 0 Å². The van der Waals surface area contributed by atoms with E-state index in [0.717, 1.165) is 165 Å². The third-order valence-electron chi connectivity index (χ3n) is 18.1. The molecule has 20 heteroatoms. The van der Waals surface area contributed by atoms with Crippen LogP contribution in [0.1, 0.15) is 321 Å². The van der Waals surface area contributed by atoms with E-state index in [9.17, 15) is 48.1 Å². The number of rotatable bonds is 59. The van der Waals surface area contributed by atoms with E-state index in [1.165, 1.54) is 13.5 Å². The summed E-state index contributed by atoms with van der Waals surface area (Å²) in [6, 6.07) is -2.99. The summed E-state index contributed by atoms with van der Waals surface area (Å²) in [5.74, 6) is -1.97. The van der Waals surface area contributed by atoms with Crippen LogP contribution in [-0.4, -0.2) is 128 Å². The van der Waals surface area contributed by atoms with Crippen molar-refractivity contribution in [1.82, 2.24) is 47.9 Å². The minimum atomic E-state index is -0.855. The fourth-order valence-electron chi connectivity index (χ4n) is 11.1. The van der Waals surface area contributed by atoms with Crippen molar-refractivity contribution < 1.29 is 47.9 Å². The highest BCUT2D eigenvalue weighted by Crippen LogP contribution is 2.17. The summed E-state index contributed by atoms with van der Waals surface area (Å²) in [6.07, 6.45) is 31.0. The summed E-state index contributed by atoms with van der Waals surface area (Å²) in [6.45, 7) is 28.6. The minimum absolute atomic E-state index is 0.0354. The van der Waals surface area contributed by atoms with Gasteiger partial charge in [0.1, 0.15) is 24.2 Å². The summed E-state index contributed by atoms with van der Waals surface area (Å²) in [7, 11) is 1.51. The van der Waals surface area contributed by atoms with Crippen molar-refractivity contribution in [2.24, 2.45) is 29.6 Å². The van der Waals surface area contributed by atoms with E-state index < -0.39 is 30.1 Å². The zero-order valence-corrected chi connectivity index (χ0v) is 62.3. The van der Waals surface area contributed by atoms with E-state index in [-0.39, 0.29) is 82.9 Å². The highest BCUT2D eigenvalue weighted by molar-refractivity contribution is 5.92. The van der Waals surface area contributed by atoms with Crippen molar-refractivity contribution in [3.63, 3.8) is 0 Å². The number of amides is 9. The second-order valence-electron chi connectivity index (χ2n) is 27.1. The Morgan fingerprint density at radius 2 is 0.532 bits per heavy atom. The number of carbonyl (C=O) groups excluding carboxylic acids is 9. The van der Waals surface area contributed by atoms with Crippen molar-refractivity contribution in [3.8, 4) is 0 Å². The first-order valence-electron chi connectivity index (χ1n) is 38.0. The fraction of sp³-hybridized carbons (Fsp3) is 0.878. The highest BCUT2D eigenvalue weighted by Gasteiger charge is 2.30. The van der Waals surface area contributed by atoms with Crippen LogP contribution in [0.4, 0.5) is 0 Å². The molecule has 9 N–H and O–H groups in total. The first-order chi connectivity index (χ1) is 45.0. The van der Waals surface area contributed by atoms with Gasteiger partial charge in [0.25, 0.3) is 0 Å². The number of likely N-dealkylation sites (N-methyl/N-ethyl adjacent to an activating group) is 2. The maximum Gasteiger partial charge on any atom is 0.243 e. The van der Waals surface area contributed by atoms with Crippen LogP contribution in [0, 0.1) is 34.5 Å². The van der Waals surface area contributed by atoms with Crippen molar-refractivity contribution >= 4 is 53.2 Å². The Morgan fingerprint density at radius 1 is 0.277 bits per heavy atom. The van der Waals surface area contributed by atoms with Crippen LogP contribution in [-0.2, 0) is 43.2 Å². The molecule has 0 aromatic rings. The summed E-state index contributed by atoms with van der Waals surface area (Å²) in [5.41, 5.74) is 0. The lowest BCUT2D eigenvalue weighted by Gasteiger charge is -2.24. The molecule has 0 radical (unpaired) electrons. The average molecular weight is 1330 g/mol. The lowest BCUT2D eigenvalue weighted by molar-refractivity contribution is -0.583. The van der Waals surface area contributed by atoms with Crippen molar-refractivity contribution in [1.29, 1.82) is 0 Å². The smallest absolute Gasteiger partial charge is 0.243 e. The number of hydrogen-bond acceptors (Lipinski definition) is 10. The maximum atomic E-state index is 13.8. The predicted octanol–water partition coefficient (Wildman–Crippen LogP) is 12.7. The minimum Gasteiger partial charge on any atom is -0.357 e. The SMILES string of the molecule is CCCCCC(C)C(=O)NCCCCC(NC(=O)C(C)CCCCC)C(=O)NCC.CCCCCC(C)C(=O)NCCCCC(NC(=O)C(C)CCCCC)C(=O)NCCCCC(NC(=O)C(CCCC[N+](=O)C(C)CCCCC)NC(=O)C(C)CCCCC)C(=O)NC. The molecular weight excluding hydrogens is 1190 g/mol. The molecule has 0 aliphatic carbocycles. The van der Waals surface area contributed by atoms with Crippen LogP contribution in [0.3, 0.4) is 0 Å². The van der Waals surface area contributed by atoms with Crippen LogP contribution < -0.4 is 47.9 Å². The van der Waals surface area contributed by atoms with Gasteiger partial charge in [-0.15, -0.1) is 0 Å². The summed E-state index contributed by atoms with van der Waals surface area (Å²) in [4.78, 5) is 129. The summed E-state index contributed by atoms with van der Waals surface area (Å²) >= 11 is 0. The molecule has 548 valence electrons. The van der Waals surface area contributed by atoms with Crippen LogP contribution in [0.15, 0.2) is 0 Å². The van der Waals surface area contributed by atoms with Gasteiger partial charge in [-0.2, -0.15) is 0 Å². The first-order valence-corrected chi connectivity index (χ1v) is 38.0. The van der Waals surface area contributed by atoms with Gasteiger partial charge in [-0.25, -0.2) is 0 Å². The van der Waals surface area contributed by atoms with E-state index in [0.29, 0.717) is 96.9 Å². The van der Waals surface area contributed by atoms with E-state index in [4.69, 9.17) is 0 Å². The van der Waals surface area contributed by atoms with E-state index in [2.05, 4.69) is 89.4 Å². The Bertz CT molecular complexity index is 2050. The molecule has 94 heavy (non-hydrogen) atoms. The van der Waals surface area contributed by atoms with Gasteiger partial charge in [0.15, 0.2) is 12.6 Å². The van der Waals surface area contributed by atoms with Gasteiger partial charge in [0.2, 0.25) is 53.2 Å². The van der Waals surface area contributed by atoms with Gasteiger partial charge in [-0.05, 0) is 116 Å². The lowest BCUT2D eigenvalue weighted by Crippen LogP contribution is -2.54. The van der Waals surface area contributed by atoms with E-state index in [1.807, 2.05) is 48.5 Å². The van der Waals surface area contributed by atoms with Crippen LogP contribution in [0.5, 0.6) is 0 Å². The molecule has 0 aliphatic heterocycles. The number of unbranched alkanes of at least 4 members (excludes halogenated alkanes) is 16. The Kier molecular flexibility index (Phi) is 58.3. The molecule has 0 heterocycles. The van der Waals surface area contributed by atoms with Crippen LogP contribution in [0.25, 0.3) is 0 Å². The quantitative estimate of drug-likeness (QED) is 0.0205. The standard InChI is InChI=1S/C50H95N7O7.C24H47N3O3/c1-10-14-18-28-38(5)45(58)52-35-25-23-33-43(54-46(59)39(6)29-19-15-11-2)49(62)53-36-26-22-32-42(48(61)51-9)56-50(63)44(55-47(60)40(7)30-20-16-12-3)34-24-27-37-57(64)41(8)31-21-17-13-4;1-6-9-11-15-19(4)22(28)26-18-14-13-17-21(24(30)25-8-3)27-23(29)20(5)16-12-10-7-2/h38-44H,10-37H2,1-9H3,(H5-,51,52,53,54,55,56,58,59,60,61,62,63);19-21H,6-18H2,1-5H3,(H,25,30)(H,26,28)(H,27,29)/p+1. The van der Waals surface area contributed by atoms with Gasteiger partial charge in [-0.3, -0.25) is 43.2 Å². The second kappa shape index (κ2) is 60.3. The molecule has 0 rings (SSSR count). The zero-order valence-electron chi connectivity index (χ0n) is 62.3. The third-order valence-corrected chi connectivity index (χ3v) is 18.1. The molecule has 0 saturated heterocycles. The maximum absolute atomic E-state index is 13.8. The number of nitrogens with zero attached hydrogens (tertiary/aromatic N) is 1. The first kappa shape index (κ1) is 90.9. The molecule has 10 atom stereocenters. The molecule has 0 aromatic heterocycles. The molecule has 0 fully saturated rings. The molecule has 9 amide bonds. The Labute approximate surface area is 572 Å². The second-order valence-corrected chi connectivity index (χ2v) is 27.1. The molecule has 20 nitrogen and oxygen atoms in total. The number of carbonyl (C=O) groups is 9. The van der Waals surface area contributed by atoms with Gasteiger partial charge in [0, 0.05) is 92.2 Å². The molecule has 0 bridgehead atoms. The van der Waals surface area contributed by atoms with Gasteiger partial charge >= 0.3 is 0 Å². The summed E-state index contributed by atoms with van der Waals surface area (Å²) in [5, 5.41) is 26.2. The third kappa shape index (κ3) is 46.9. The van der Waals surface area contributed by atoms with Crippen molar-refractivity contribution in [2.75, 3.05) is 39.8 Å². The average Bonchev–Trinajstić information content (AvgIpc) is 1.55. The zero-order chi connectivity index (χ0) is 70.9. The Morgan fingerprint density at radius 3 is 0.851 bits per heavy atom. The molecule has 0 aliphatic rings. The Balaban J connectivity index is 0. The monoisotopic (exact) mass is 1330 g/mol. The van der Waals surface area contributed by atoms with Crippen LogP contribution >= 0.6 is 0 Å². The number of hydrogen-bond donors (Lipinski definition) is 9. The highest BCUT2D eigenvalue weighted by atomic mass is 16.3. The molecule has 0 aromatic carbocycles. The van der Waals surface area contributed by atoms with E-state index >= 15 is 0 Å². The van der Waals surface area contributed by atoms with Gasteiger partial charge < -0.3 is 47.9 Å². The normalized spacial score (nSPS) is 14.3. The van der Waals surface area contributed by atoms with Crippen molar-refractivity contribution in [2.45, 2.75) is 351 Å². The Hall–Kier alpha value is -5.17. The predicted molar refractivity (Wildman–Crippen MR) is 384 cm³/mol. The van der Waals surface area contributed by atoms with Gasteiger partial charge in [0.05, 0.1) is 0 Å².